The number of benzene rings is 1. The number of rotatable bonds is 5. The zero-order valence-electron chi connectivity index (χ0n) is 12.9. The molecule has 0 radical (unpaired) electrons. The van der Waals surface area contributed by atoms with Crippen LogP contribution in [-0.4, -0.2) is 18.5 Å². The van der Waals surface area contributed by atoms with Gasteiger partial charge < -0.3 is 5.73 Å². The number of aryl methyl sites for hydroxylation is 1. The molecule has 23 heavy (non-hydrogen) atoms. The average Bonchev–Trinajstić information content (AvgIpc) is 2.79. The molecule has 0 spiro atoms. The quantitative estimate of drug-likeness (QED) is 0.704. The Morgan fingerprint density at radius 1 is 1.22 bits per heavy atom. The van der Waals surface area contributed by atoms with Crippen LogP contribution >= 0.6 is 12.8 Å². The molecule has 0 saturated heterocycles. The number of fused-ring (bicyclic) bond motifs is 1. The highest BCUT2D eigenvalue weighted by Gasteiger charge is 2.17. The molecule has 6 nitrogen and oxygen atoms in total. The second kappa shape index (κ2) is 6.45. The van der Waals surface area contributed by atoms with E-state index in [4.69, 9.17) is 5.73 Å². The van der Waals surface area contributed by atoms with Crippen LogP contribution in [0.4, 0.5) is 5.82 Å². The van der Waals surface area contributed by atoms with Crippen molar-refractivity contribution in [2.75, 3.05) is 5.73 Å². The number of anilines is 1. The van der Waals surface area contributed by atoms with Crippen molar-refractivity contribution < 1.29 is 0 Å². The van der Waals surface area contributed by atoms with Crippen molar-refractivity contribution in [3.8, 4) is 0 Å². The number of hydrogen-bond acceptors (Lipinski definition) is 5. The average molecular weight is 329 g/mol. The first-order valence-electron chi connectivity index (χ1n) is 7.62. The molecular weight excluding hydrogens is 310 g/mol. The molecule has 120 valence electrons. The van der Waals surface area contributed by atoms with E-state index in [1.54, 1.807) is 4.57 Å². The number of unbranched alkanes of at least 4 members (excludes halogenated alkanes) is 1. The Morgan fingerprint density at radius 3 is 2.65 bits per heavy atom. The van der Waals surface area contributed by atoms with Gasteiger partial charge in [0.25, 0.3) is 0 Å². The van der Waals surface area contributed by atoms with Gasteiger partial charge in [-0.15, -0.1) is 0 Å². The van der Waals surface area contributed by atoms with E-state index in [9.17, 15) is 4.79 Å². The van der Waals surface area contributed by atoms with Gasteiger partial charge in [0.2, 0.25) is 0 Å². The summed E-state index contributed by atoms with van der Waals surface area (Å²) in [5.74, 6) is 0.956. The summed E-state index contributed by atoms with van der Waals surface area (Å²) in [7, 11) is 0. The molecule has 0 aliphatic heterocycles. The van der Waals surface area contributed by atoms with Gasteiger partial charge in [0.05, 0.1) is 6.54 Å². The van der Waals surface area contributed by atoms with Crippen LogP contribution in [0.2, 0.25) is 0 Å². The maximum absolute atomic E-state index is 12.5. The number of aromatic nitrogens is 4. The van der Waals surface area contributed by atoms with Gasteiger partial charge in [0, 0.05) is 6.42 Å². The first kappa shape index (κ1) is 15.6. The molecule has 3 aromatic rings. The number of nitrogens with two attached hydrogens (primary N) is 1. The van der Waals surface area contributed by atoms with Crippen molar-refractivity contribution in [2.24, 2.45) is 0 Å². The van der Waals surface area contributed by atoms with Crippen molar-refractivity contribution in [1.82, 2.24) is 18.5 Å². The Morgan fingerprint density at radius 2 is 1.96 bits per heavy atom. The fourth-order valence-corrected chi connectivity index (χ4v) is 2.85. The van der Waals surface area contributed by atoms with Crippen molar-refractivity contribution in [3.63, 3.8) is 0 Å². The Labute approximate surface area is 139 Å². The second-order valence-electron chi connectivity index (χ2n) is 5.47. The largest absolute Gasteiger partial charge is 0.382 e. The van der Waals surface area contributed by atoms with Crippen LogP contribution in [0.25, 0.3) is 11.2 Å². The minimum atomic E-state index is -0.263. The molecule has 0 aliphatic carbocycles. The van der Waals surface area contributed by atoms with E-state index < -0.39 is 0 Å². The van der Waals surface area contributed by atoms with E-state index in [0.29, 0.717) is 29.4 Å². The fourth-order valence-electron chi connectivity index (χ4n) is 2.55. The van der Waals surface area contributed by atoms with E-state index in [2.05, 4.69) is 29.7 Å². The third-order valence-corrected chi connectivity index (χ3v) is 4.13. The highest BCUT2D eigenvalue weighted by molar-refractivity contribution is 7.78. The van der Waals surface area contributed by atoms with Crippen molar-refractivity contribution in [3.05, 3.63) is 52.2 Å². The van der Waals surface area contributed by atoms with Crippen LogP contribution in [0.15, 0.2) is 35.1 Å². The number of nitrogens with zero attached hydrogens (tertiary/aromatic N) is 4. The molecule has 0 fully saturated rings. The number of thiol groups is 1. The van der Waals surface area contributed by atoms with Crippen molar-refractivity contribution in [2.45, 2.75) is 32.7 Å². The predicted molar refractivity (Wildman–Crippen MR) is 94.7 cm³/mol. The zero-order chi connectivity index (χ0) is 16.4. The lowest BCUT2D eigenvalue weighted by Gasteiger charge is -2.05. The van der Waals surface area contributed by atoms with Gasteiger partial charge in [-0.2, -0.15) is 0 Å². The summed E-state index contributed by atoms with van der Waals surface area (Å²) >= 11 is 4.25. The number of nitrogen functional groups attached to an aromatic ring is 1. The van der Waals surface area contributed by atoms with E-state index in [0.717, 1.165) is 24.8 Å². The maximum Gasteiger partial charge on any atom is 0.340 e. The molecule has 0 aliphatic rings. The monoisotopic (exact) mass is 329 g/mol. The van der Waals surface area contributed by atoms with Gasteiger partial charge in [0.1, 0.15) is 11.3 Å². The fraction of sp³-hybridized carbons (Fsp3) is 0.312. The molecule has 0 saturated carbocycles. The molecule has 2 N–H and O–H groups in total. The maximum atomic E-state index is 12.5. The van der Waals surface area contributed by atoms with Crippen LogP contribution in [0, 0.1) is 0 Å². The summed E-state index contributed by atoms with van der Waals surface area (Å²) in [6, 6.07) is 9.76. The summed E-state index contributed by atoms with van der Waals surface area (Å²) in [5, 5.41) is 0. The normalized spacial score (nSPS) is 11.2. The Balaban J connectivity index is 2.14. The summed E-state index contributed by atoms with van der Waals surface area (Å²) < 4.78 is 2.81. The summed E-state index contributed by atoms with van der Waals surface area (Å²) in [6.45, 7) is 2.53. The SMILES string of the molecule is CCCCc1nc(N)c2c(n1)n(Cc1ccccc1)c(=O)n2S. The standard InChI is InChI=1S/C16H19N5OS/c1-2-3-9-12-18-14(17)13-15(19-12)20(16(22)21(13)23)10-11-7-5-4-6-8-11/h4-8,23H,2-3,9-10H2,1H3,(H2,17,18,19). The molecular formula is C16H19N5OS. The van der Waals surface area contributed by atoms with E-state index in [-0.39, 0.29) is 5.69 Å². The van der Waals surface area contributed by atoms with Crippen molar-refractivity contribution in [1.29, 1.82) is 0 Å². The van der Waals surface area contributed by atoms with E-state index in [1.807, 2.05) is 30.3 Å². The Hall–Kier alpha value is -2.28. The molecule has 3 rings (SSSR count). The molecule has 0 amide bonds. The summed E-state index contributed by atoms with van der Waals surface area (Å²) in [4.78, 5) is 21.4. The van der Waals surface area contributed by atoms with E-state index in [1.165, 1.54) is 3.97 Å². The number of hydrogen-bond donors (Lipinski definition) is 2. The first-order chi connectivity index (χ1) is 11.1. The third kappa shape index (κ3) is 2.96. The Bertz CT molecular complexity index is 885. The highest BCUT2D eigenvalue weighted by atomic mass is 32.1. The molecule has 2 aromatic heterocycles. The molecule has 2 heterocycles. The number of imidazole rings is 1. The van der Waals surface area contributed by atoms with Gasteiger partial charge in [-0.3, -0.25) is 4.57 Å². The second-order valence-corrected chi connectivity index (χ2v) is 5.87. The first-order valence-corrected chi connectivity index (χ1v) is 8.02. The molecule has 1 aromatic carbocycles. The summed E-state index contributed by atoms with van der Waals surface area (Å²) in [6.07, 6.45) is 2.77. The molecule has 0 atom stereocenters. The lowest BCUT2D eigenvalue weighted by Crippen LogP contribution is -2.21. The molecule has 0 bridgehead atoms. The Kier molecular flexibility index (Phi) is 4.38. The lowest BCUT2D eigenvalue weighted by atomic mass is 10.2. The lowest BCUT2D eigenvalue weighted by molar-refractivity contribution is 0.742. The summed E-state index contributed by atoms with van der Waals surface area (Å²) in [5.41, 5.74) is 7.79. The molecule has 0 unspecified atom stereocenters. The minimum Gasteiger partial charge on any atom is -0.382 e. The van der Waals surface area contributed by atoms with Crippen LogP contribution < -0.4 is 11.4 Å². The van der Waals surface area contributed by atoms with Gasteiger partial charge in [0.15, 0.2) is 11.5 Å². The van der Waals surface area contributed by atoms with Crippen LogP contribution in [0.3, 0.4) is 0 Å². The van der Waals surface area contributed by atoms with Gasteiger partial charge >= 0.3 is 5.69 Å². The smallest absolute Gasteiger partial charge is 0.340 e. The van der Waals surface area contributed by atoms with E-state index >= 15 is 0 Å². The highest BCUT2D eigenvalue weighted by Crippen LogP contribution is 2.19. The van der Waals surface area contributed by atoms with Crippen LogP contribution in [0.5, 0.6) is 0 Å². The molecule has 7 heteroatoms. The van der Waals surface area contributed by atoms with Gasteiger partial charge in [-0.25, -0.2) is 18.7 Å². The van der Waals surface area contributed by atoms with Gasteiger partial charge in [-0.1, -0.05) is 56.5 Å². The van der Waals surface area contributed by atoms with Gasteiger partial charge in [-0.05, 0) is 12.0 Å². The third-order valence-electron chi connectivity index (χ3n) is 3.76. The minimum absolute atomic E-state index is 0.263. The predicted octanol–water partition coefficient (Wildman–Crippen LogP) is 2.26. The topological polar surface area (TPSA) is 78.7 Å². The zero-order valence-corrected chi connectivity index (χ0v) is 13.8. The van der Waals surface area contributed by atoms with Crippen LogP contribution in [-0.2, 0) is 13.0 Å². The van der Waals surface area contributed by atoms with Crippen LogP contribution in [0.1, 0.15) is 31.2 Å². The van der Waals surface area contributed by atoms with Crippen molar-refractivity contribution >= 4 is 29.8 Å².